The summed E-state index contributed by atoms with van der Waals surface area (Å²) in [5, 5.41) is 10.4. The van der Waals surface area contributed by atoms with E-state index in [4.69, 9.17) is 15.2 Å². The summed E-state index contributed by atoms with van der Waals surface area (Å²) in [5.74, 6) is -0.579. The van der Waals surface area contributed by atoms with Crippen molar-refractivity contribution in [2.75, 3.05) is 18.9 Å². The Balaban J connectivity index is 0.000000303. The number of anilines is 1. The lowest BCUT2D eigenvalue weighted by Crippen LogP contribution is -2.05. The number of carbonyl (C=O) groups is 2. The van der Waals surface area contributed by atoms with Gasteiger partial charge in [-0.25, -0.2) is 4.79 Å². The highest BCUT2D eigenvalue weighted by Gasteiger charge is 2.03. The van der Waals surface area contributed by atoms with Crippen molar-refractivity contribution in [3.63, 3.8) is 0 Å². The number of hydrogen-bond acceptors (Lipinski definition) is 7. The lowest BCUT2D eigenvalue weighted by molar-refractivity contribution is -0.384. The summed E-state index contributed by atoms with van der Waals surface area (Å²) in [4.78, 5) is 31.9. The molecule has 30 heavy (non-hydrogen) atoms. The molecule has 0 heterocycles. The van der Waals surface area contributed by atoms with Gasteiger partial charge >= 0.3 is 11.9 Å². The summed E-state index contributed by atoms with van der Waals surface area (Å²) in [7, 11) is 0. The third kappa shape index (κ3) is 10.0. The molecule has 0 saturated carbocycles. The van der Waals surface area contributed by atoms with Gasteiger partial charge in [0.15, 0.2) is 0 Å². The van der Waals surface area contributed by atoms with Crippen molar-refractivity contribution in [2.24, 2.45) is 0 Å². The third-order valence-electron chi connectivity index (χ3n) is 3.71. The lowest BCUT2D eigenvalue weighted by Gasteiger charge is -2.02. The van der Waals surface area contributed by atoms with Crippen LogP contribution in [0.25, 0.3) is 6.08 Å². The fraction of sp³-hybridized carbons (Fsp3) is 0.273. The molecule has 0 saturated heterocycles. The van der Waals surface area contributed by atoms with Crippen LogP contribution in [0.4, 0.5) is 11.4 Å². The predicted octanol–water partition coefficient (Wildman–Crippen LogP) is 3.94. The van der Waals surface area contributed by atoms with Crippen LogP contribution in [-0.4, -0.2) is 30.1 Å². The Hall–Kier alpha value is -3.68. The number of rotatable bonds is 8. The number of hydrogen-bond donors (Lipinski definition) is 1. The van der Waals surface area contributed by atoms with Crippen LogP contribution in [0, 0.1) is 10.1 Å². The number of nitrogens with zero attached hydrogens (tertiary/aromatic N) is 1. The smallest absolute Gasteiger partial charge is 0.330 e. The van der Waals surface area contributed by atoms with E-state index in [2.05, 4.69) is 0 Å². The van der Waals surface area contributed by atoms with Crippen LogP contribution in [0.15, 0.2) is 54.6 Å². The number of non-ortho nitro benzene ring substituents is 1. The second-order valence-corrected chi connectivity index (χ2v) is 5.98. The van der Waals surface area contributed by atoms with E-state index in [1.165, 1.54) is 18.2 Å². The van der Waals surface area contributed by atoms with E-state index in [9.17, 15) is 19.7 Å². The SMILES string of the molecule is CCOC(=O)/C=C/c1ccc([N+](=O)[O-])cc1.CCOC(=O)CCc1ccc(N)cc1. The zero-order chi connectivity index (χ0) is 22.4. The highest BCUT2D eigenvalue weighted by molar-refractivity contribution is 5.87. The minimum atomic E-state index is -0.473. The fourth-order valence-electron chi connectivity index (χ4n) is 2.23. The number of benzene rings is 2. The number of ether oxygens (including phenoxy) is 2. The standard InChI is InChI=1S/C11H11NO4.C11H15NO2/c1-2-16-11(13)8-5-9-3-6-10(7-4-9)12(14)15;1-2-14-11(13)8-5-9-3-6-10(12)7-4-9/h3-8H,2H2,1H3;3-4,6-7H,2,5,8,12H2,1H3/b8-5+;. The molecule has 0 radical (unpaired) electrons. The van der Waals surface area contributed by atoms with Crippen molar-refractivity contribution in [1.29, 1.82) is 0 Å². The molecule has 0 aliphatic carbocycles. The van der Waals surface area contributed by atoms with Crippen LogP contribution in [0.5, 0.6) is 0 Å². The molecule has 2 aromatic rings. The normalized spacial score (nSPS) is 10.1. The molecule has 2 N–H and O–H groups in total. The van der Waals surface area contributed by atoms with Crippen LogP contribution < -0.4 is 5.73 Å². The van der Waals surface area contributed by atoms with Gasteiger partial charge in [-0.05, 0) is 61.7 Å². The fourth-order valence-corrected chi connectivity index (χ4v) is 2.23. The van der Waals surface area contributed by atoms with Gasteiger partial charge in [-0.3, -0.25) is 14.9 Å². The molecular weight excluding hydrogens is 388 g/mol. The second kappa shape index (κ2) is 13.5. The number of esters is 2. The topological polar surface area (TPSA) is 122 Å². The number of nitro groups is 1. The Bertz CT molecular complexity index is 845. The molecule has 0 unspecified atom stereocenters. The first kappa shape index (κ1) is 24.4. The van der Waals surface area contributed by atoms with E-state index in [0.29, 0.717) is 31.6 Å². The average Bonchev–Trinajstić information content (AvgIpc) is 2.73. The van der Waals surface area contributed by atoms with E-state index in [1.807, 2.05) is 24.3 Å². The molecule has 2 rings (SSSR count). The monoisotopic (exact) mass is 414 g/mol. The van der Waals surface area contributed by atoms with Crippen LogP contribution in [0.1, 0.15) is 31.4 Å². The molecule has 0 aliphatic rings. The first-order valence-corrected chi connectivity index (χ1v) is 9.45. The summed E-state index contributed by atoms with van der Waals surface area (Å²) in [6.45, 7) is 4.29. The number of nitrogens with two attached hydrogens (primary N) is 1. The molecule has 8 nitrogen and oxygen atoms in total. The number of aryl methyl sites for hydroxylation is 1. The van der Waals surface area contributed by atoms with E-state index in [0.717, 1.165) is 11.3 Å². The minimum Gasteiger partial charge on any atom is -0.466 e. The molecule has 0 amide bonds. The first-order valence-electron chi connectivity index (χ1n) is 9.45. The van der Waals surface area contributed by atoms with Crippen molar-refractivity contribution in [3.05, 3.63) is 75.8 Å². The van der Waals surface area contributed by atoms with Crippen LogP contribution in [0.2, 0.25) is 0 Å². The second-order valence-electron chi connectivity index (χ2n) is 5.98. The number of carbonyl (C=O) groups excluding carboxylic acids is 2. The molecular formula is C22H26N2O6. The van der Waals surface area contributed by atoms with E-state index in [1.54, 1.807) is 32.1 Å². The maximum atomic E-state index is 11.0. The third-order valence-corrected chi connectivity index (χ3v) is 3.71. The largest absolute Gasteiger partial charge is 0.466 e. The van der Waals surface area contributed by atoms with Gasteiger partial charge in [0.1, 0.15) is 0 Å². The van der Waals surface area contributed by atoms with Gasteiger partial charge < -0.3 is 15.2 Å². The quantitative estimate of drug-likeness (QED) is 0.228. The zero-order valence-corrected chi connectivity index (χ0v) is 17.1. The van der Waals surface area contributed by atoms with Crippen molar-refractivity contribution in [3.8, 4) is 0 Å². The average molecular weight is 414 g/mol. The van der Waals surface area contributed by atoms with Crippen molar-refractivity contribution in [1.82, 2.24) is 0 Å². The lowest BCUT2D eigenvalue weighted by atomic mass is 10.1. The van der Waals surface area contributed by atoms with Gasteiger partial charge in [-0.2, -0.15) is 0 Å². The van der Waals surface area contributed by atoms with Gasteiger partial charge in [0.05, 0.1) is 18.1 Å². The number of nitro benzene ring substituents is 1. The molecule has 0 atom stereocenters. The van der Waals surface area contributed by atoms with Gasteiger partial charge in [0.2, 0.25) is 0 Å². The van der Waals surface area contributed by atoms with Crippen molar-refractivity contribution in [2.45, 2.75) is 26.7 Å². The molecule has 8 heteroatoms. The minimum absolute atomic E-state index is 0.0216. The van der Waals surface area contributed by atoms with Crippen molar-refractivity contribution >= 4 is 29.4 Å². The van der Waals surface area contributed by atoms with Crippen LogP contribution in [0.3, 0.4) is 0 Å². The molecule has 2 aromatic carbocycles. The van der Waals surface area contributed by atoms with Gasteiger partial charge in [-0.1, -0.05) is 12.1 Å². The molecule has 160 valence electrons. The van der Waals surface area contributed by atoms with Crippen molar-refractivity contribution < 1.29 is 24.0 Å². The molecule has 0 aromatic heterocycles. The Morgan fingerprint density at radius 2 is 1.60 bits per heavy atom. The Labute approximate surface area is 175 Å². The maximum absolute atomic E-state index is 11.0. The first-order chi connectivity index (χ1) is 14.3. The van der Waals surface area contributed by atoms with Crippen LogP contribution in [-0.2, 0) is 25.5 Å². The highest BCUT2D eigenvalue weighted by Crippen LogP contribution is 2.12. The summed E-state index contributed by atoms with van der Waals surface area (Å²) in [5.41, 5.74) is 8.11. The molecule has 0 bridgehead atoms. The molecule has 0 spiro atoms. The van der Waals surface area contributed by atoms with Gasteiger partial charge in [0, 0.05) is 30.3 Å². The summed E-state index contributed by atoms with van der Waals surface area (Å²) in [6.07, 6.45) is 3.96. The summed E-state index contributed by atoms with van der Waals surface area (Å²) in [6, 6.07) is 13.4. The van der Waals surface area contributed by atoms with Crippen LogP contribution >= 0.6 is 0 Å². The number of nitrogen functional groups attached to an aromatic ring is 1. The van der Waals surface area contributed by atoms with E-state index >= 15 is 0 Å². The van der Waals surface area contributed by atoms with Gasteiger partial charge in [0.25, 0.3) is 5.69 Å². The van der Waals surface area contributed by atoms with E-state index in [-0.39, 0.29) is 11.7 Å². The molecule has 0 aliphatic heterocycles. The predicted molar refractivity (Wildman–Crippen MR) is 115 cm³/mol. The Morgan fingerprint density at radius 3 is 2.13 bits per heavy atom. The highest BCUT2D eigenvalue weighted by atomic mass is 16.6. The zero-order valence-electron chi connectivity index (χ0n) is 17.1. The summed E-state index contributed by atoms with van der Waals surface area (Å²) < 4.78 is 9.52. The summed E-state index contributed by atoms with van der Waals surface area (Å²) >= 11 is 0. The van der Waals surface area contributed by atoms with E-state index < -0.39 is 10.9 Å². The Kier molecular flexibility index (Phi) is 11.0. The molecule has 0 fully saturated rings. The maximum Gasteiger partial charge on any atom is 0.330 e. The van der Waals surface area contributed by atoms with Gasteiger partial charge in [-0.15, -0.1) is 0 Å². The Morgan fingerprint density at radius 1 is 1.00 bits per heavy atom.